The zero-order valence-electron chi connectivity index (χ0n) is 15.4. The largest absolute Gasteiger partial charge is 0.465 e. The molecular formula is C17H16ClN3O6S. The number of carbonyl (C=O) groups is 3. The third-order valence-electron chi connectivity index (χ3n) is 3.77. The lowest BCUT2D eigenvalue weighted by atomic mass is 10.1. The number of thiophene rings is 1. The number of rotatable bonds is 5. The third-order valence-corrected chi connectivity index (χ3v) is 5.27. The number of nitrogens with zero attached hydrogens (tertiary/aromatic N) is 2. The van der Waals surface area contributed by atoms with Gasteiger partial charge >= 0.3 is 5.97 Å². The van der Waals surface area contributed by atoms with Gasteiger partial charge in [0.05, 0.1) is 22.5 Å². The van der Waals surface area contributed by atoms with Crippen LogP contribution in [0.5, 0.6) is 0 Å². The second kappa shape index (κ2) is 8.36. The van der Waals surface area contributed by atoms with Crippen LogP contribution in [0.3, 0.4) is 0 Å². The van der Waals surface area contributed by atoms with Gasteiger partial charge in [-0.3, -0.25) is 19.7 Å². The highest BCUT2D eigenvalue weighted by Crippen LogP contribution is 2.35. The predicted molar refractivity (Wildman–Crippen MR) is 104 cm³/mol. The fourth-order valence-electron chi connectivity index (χ4n) is 2.33. The molecule has 1 aromatic carbocycles. The second-order valence-electron chi connectivity index (χ2n) is 5.83. The predicted octanol–water partition coefficient (Wildman–Crippen LogP) is 3.36. The van der Waals surface area contributed by atoms with Gasteiger partial charge in [0, 0.05) is 25.7 Å². The lowest BCUT2D eigenvalue weighted by Crippen LogP contribution is -2.21. The molecule has 2 aromatic rings. The minimum absolute atomic E-state index is 0.0537. The quantitative estimate of drug-likeness (QED) is 0.445. The molecule has 0 saturated heterocycles. The Morgan fingerprint density at radius 3 is 2.43 bits per heavy atom. The standard InChI is InChI=1S/C17H16ClN3O6S/c1-8-12(17(24)27-4)15(28-13(8)16(23)20(2)3)19-14(22)9-5-6-11(21(25)26)10(18)7-9/h5-7H,1-4H3,(H,19,22). The van der Waals surface area contributed by atoms with Crippen LogP contribution in [0.2, 0.25) is 5.02 Å². The molecule has 9 nitrogen and oxygen atoms in total. The van der Waals surface area contributed by atoms with Crippen LogP contribution in [0.4, 0.5) is 10.7 Å². The molecule has 28 heavy (non-hydrogen) atoms. The number of carbonyl (C=O) groups excluding carboxylic acids is 3. The van der Waals surface area contributed by atoms with Gasteiger partial charge < -0.3 is 15.0 Å². The molecule has 0 aliphatic carbocycles. The van der Waals surface area contributed by atoms with E-state index in [1.54, 1.807) is 21.0 Å². The molecule has 0 fully saturated rings. The summed E-state index contributed by atoms with van der Waals surface area (Å²) < 4.78 is 4.76. The summed E-state index contributed by atoms with van der Waals surface area (Å²) in [6.45, 7) is 1.58. The average molecular weight is 426 g/mol. The van der Waals surface area contributed by atoms with Crippen molar-refractivity contribution in [2.45, 2.75) is 6.92 Å². The number of nitro groups is 1. The Balaban J connectivity index is 2.44. The van der Waals surface area contributed by atoms with Crippen LogP contribution in [0, 0.1) is 17.0 Å². The lowest BCUT2D eigenvalue weighted by Gasteiger charge is -2.08. The van der Waals surface area contributed by atoms with Crippen LogP contribution in [0.1, 0.15) is 36.0 Å². The number of benzene rings is 1. The van der Waals surface area contributed by atoms with Crippen LogP contribution in [-0.4, -0.2) is 48.8 Å². The highest BCUT2D eigenvalue weighted by Gasteiger charge is 2.27. The van der Waals surface area contributed by atoms with Crippen LogP contribution in [-0.2, 0) is 4.74 Å². The number of hydrogen-bond acceptors (Lipinski definition) is 7. The number of anilines is 1. The number of nitro benzene ring substituents is 1. The number of ether oxygens (including phenoxy) is 1. The molecule has 2 amide bonds. The van der Waals surface area contributed by atoms with Gasteiger partial charge in [-0.1, -0.05) is 11.6 Å². The Bertz CT molecular complexity index is 986. The van der Waals surface area contributed by atoms with Crippen molar-refractivity contribution in [3.63, 3.8) is 0 Å². The van der Waals surface area contributed by atoms with Gasteiger partial charge in [0.25, 0.3) is 17.5 Å². The molecule has 0 bridgehead atoms. The van der Waals surface area contributed by atoms with E-state index in [2.05, 4.69) is 5.32 Å². The zero-order chi connectivity index (χ0) is 21.2. The fourth-order valence-corrected chi connectivity index (χ4v) is 3.79. The third kappa shape index (κ3) is 4.12. The normalized spacial score (nSPS) is 10.3. The minimum atomic E-state index is -0.705. The number of nitrogens with one attached hydrogen (secondary N) is 1. The first-order valence-electron chi connectivity index (χ1n) is 7.77. The van der Waals surface area contributed by atoms with Gasteiger partial charge in [-0.15, -0.1) is 11.3 Å². The fraction of sp³-hybridized carbons (Fsp3) is 0.235. The van der Waals surface area contributed by atoms with E-state index in [-0.39, 0.29) is 37.6 Å². The van der Waals surface area contributed by atoms with Gasteiger partial charge in [-0.05, 0) is 24.6 Å². The first-order chi connectivity index (χ1) is 13.1. The number of hydrogen-bond donors (Lipinski definition) is 1. The molecule has 0 radical (unpaired) electrons. The molecule has 0 saturated carbocycles. The minimum Gasteiger partial charge on any atom is -0.465 e. The van der Waals surface area contributed by atoms with E-state index in [4.69, 9.17) is 16.3 Å². The highest BCUT2D eigenvalue weighted by molar-refractivity contribution is 7.18. The van der Waals surface area contributed by atoms with Gasteiger partial charge in [0.2, 0.25) is 0 Å². The lowest BCUT2D eigenvalue weighted by molar-refractivity contribution is -0.384. The molecular weight excluding hydrogens is 410 g/mol. The number of esters is 1. The average Bonchev–Trinajstić information content (AvgIpc) is 2.95. The van der Waals surface area contributed by atoms with Crippen molar-refractivity contribution in [2.75, 3.05) is 26.5 Å². The van der Waals surface area contributed by atoms with Crippen LogP contribution >= 0.6 is 22.9 Å². The van der Waals surface area contributed by atoms with E-state index in [9.17, 15) is 24.5 Å². The van der Waals surface area contributed by atoms with E-state index >= 15 is 0 Å². The smallest absolute Gasteiger partial charge is 0.341 e. The summed E-state index contributed by atoms with van der Waals surface area (Å²) in [4.78, 5) is 48.9. The molecule has 0 unspecified atom stereocenters. The second-order valence-corrected chi connectivity index (χ2v) is 7.26. The molecule has 148 valence electrons. The SMILES string of the molecule is COC(=O)c1c(NC(=O)c2ccc([N+](=O)[O-])c(Cl)c2)sc(C(=O)N(C)C)c1C. The molecule has 1 aromatic heterocycles. The molecule has 2 rings (SSSR count). The number of amides is 2. The molecule has 11 heteroatoms. The van der Waals surface area contributed by atoms with Crippen LogP contribution in [0.15, 0.2) is 18.2 Å². The summed E-state index contributed by atoms with van der Waals surface area (Å²) in [6.07, 6.45) is 0. The van der Waals surface area contributed by atoms with E-state index in [1.807, 2.05) is 0 Å². The van der Waals surface area contributed by atoms with Gasteiger partial charge in [0.1, 0.15) is 10.0 Å². The first-order valence-corrected chi connectivity index (χ1v) is 8.96. The van der Waals surface area contributed by atoms with E-state index in [0.29, 0.717) is 5.56 Å². The summed E-state index contributed by atoms with van der Waals surface area (Å²) in [5.41, 5.74) is 0.170. The van der Waals surface area contributed by atoms with E-state index in [1.165, 1.54) is 18.1 Å². The highest BCUT2D eigenvalue weighted by atomic mass is 35.5. The topological polar surface area (TPSA) is 119 Å². The Hall–Kier alpha value is -2.98. The summed E-state index contributed by atoms with van der Waals surface area (Å²) in [6, 6.07) is 3.50. The summed E-state index contributed by atoms with van der Waals surface area (Å²) in [5, 5.41) is 13.3. The maximum Gasteiger partial charge on any atom is 0.341 e. The van der Waals surface area contributed by atoms with Crippen molar-refractivity contribution < 1.29 is 24.0 Å². The Labute approximate surface area is 169 Å². The van der Waals surface area contributed by atoms with Crippen molar-refractivity contribution in [2.24, 2.45) is 0 Å². The first kappa shape index (κ1) is 21.3. The Morgan fingerprint density at radius 2 is 1.93 bits per heavy atom. The summed E-state index contributed by atoms with van der Waals surface area (Å²) in [5.74, 6) is -1.68. The number of methoxy groups -OCH3 is 1. The Morgan fingerprint density at radius 1 is 1.29 bits per heavy atom. The molecule has 1 N–H and O–H groups in total. The molecule has 1 heterocycles. The van der Waals surface area contributed by atoms with E-state index in [0.717, 1.165) is 23.5 Å². The zero-order valence-corrected chi connectivity index (χ0v) is 16.9. The Kier molecular flexibility index (Phi) is 6.37. The van der Waals surface area contributed by atoms with Crippen molar-refractivity contribution in [3.8, 4) is 0 Å². The van der Waals surface area contributed by atoms with E-state index < -0.39 is 16.8 Å². The van der Waals surface area contributed by atoms with Crippen molar-refractivity contribution >= 4 is 51.4 Å². The maximum atomic E-state index is 12.6. The molecule has 0 atom stereocenters. The van der Waals surface area contributed by atoms with Gasteiger partial charge in [0.15, 0.2) is 0 Å². The monoisotopic (exact) mass is 425 g/mol. The molecule has 0 spiro atoms. The van der Waals surface area contributed by atoms with Crippen molar-refractivity contribution in [1.82, 2.24) is 4.90 Å². The molecule has 0 aliphatic heterocycles. The van der Waals surface area contributed by atoms with Crippen molar-refractivity contribution in [1.29, 1.82) is 0 Å². The summed E-state index contributed by atoms with van der Waals surface area (Å²) >= 11 is 6.77. The number of halogens is 1. The molecule has 0 aliphatic rings. The maximum absolute atomic E-state index is 12.6. The van der Waals surface area contributed by atoms with Gasteiger partial charge in [-0.2, -0.15) is 0 Å². The van der Waals surface area contributed by atoms with Crippen LogP contribution in [0.25, 0.3) is 0 Å². The van der Waals surface area contributed by atoms with Crippen molar-refractivity contribution in [3.05, 3.63) is 54.9 Å². The van der Waals surface area contributed by atoms with Gasteiger partial charge in [-0.25, -0.2) is 4.79 Å². The van der Waals surface area contributed by atoms with Crippen LogP contribution < -0.4 is 5.32 Å². The summed E-state index contributed by atoms with van der Waals surface area (Å²) in [7, 11) is 4.32.